The number of nitrogens with zero attached hydrogens (tertiary/aromatic N) is 2. The largest absolute Gasteiger partial charge is 0.439 e. The standard InChI is InChI=1S/C15H17F2N3O/c1-9-12(8-18-10-3-4-10)15(20(2)19-9)21-11-5-6-13(16)14(17)7-11/h5-7,10,18H,3-4,8H2,1-2H3. The molecule has 21 heavy (non-hydrogen) atoms. The quantitative estimate of drug-likeness (QED) is 0.921. The lowest BCUT2D eigenvalue weighted by molar-refractivity contribution is 0.416. The van der Waals surface area contributed by atoms with Gasteiger partial charge in [-0.3, -0.25) is 0 Å². The highest BCUT2D eigenvalue weighted by Gasteiger charge is 2.23. The molecule has 1 saturated carbocycles. The third-order valence-electron chi connectivity index (χ3n) is 3.54. The molecule has 1 aliphatic rings. The molecule has 0 radical (unpaired) electrons. The maximum Gasteiger partial charge on any atom is 0.222 e. The molecule has 0 saturated heterocycles. The number of halogens is 2. The van der Waals surface area contributed by atoms with Gasteiger partial charge in [-0.05, 0) is 31.9 Å². The van der Waals surface area contributed by atoms with Crippen molar-refractivity contribution in [2.75, 3.05) is 0 Å². The first-order chi connectivity index (χ1) is 10.0. The van der Waals surface area contributed by atoms with E-state index in [0.29, 0.717) is 18.5 Å². The molecule has 4 nitrogen and oxygen atoms in total. The van der Waals surface area contributed by atoms with E-state index in [1.165, 1.54) is 18.9 Å². The lowest BCUT2D eigenvalue weighted by atomic mass is 10.2. The minimum atomic E-state index is -0.927. The summed E-state index contributed by atoms with van der Waals surface area (Å²) >= 11 is 0. The number of ether oxygens (including phenoxy) is 1. The van der Waals surface area contributed by atoms with Crippen molar-refractivity contribution in [1.29, 1.82) is 0 Å². The molecule has 0 bridgehead atoms. The molecule has 3 rings (SSSR count). The molecule has 1 heterocycles. The molecular weight excluding hydrogens is 276 g/mol. The zero-order valence-corrected chi connectivity index (χ0v) is 12.0. The second kappa shape index (κ2) is 5.44. The highest BCUT2D eigenvalue weighted by atomic mass is 19.2. The van der Waals surface area contributed by atoms with Gasteiger partial charge in [0.1, 0.15) is 5.75 Å². The molecule has 1 fully saturated rings. The fraction of sp³-hybridized carbons (Fsp3) is 0.400. The van der Waals surface area contributed by atoms with E-state index >= 15 is 0 Å². The predicted octanol–water partition coefficient (Wildman–Crippen LogP) is 3.05. The van der Waals surface area contributed by atoms with Gasteiger partial charge in [-0.25, -0.2) is 13.5 Å². The van der Waals surface area contributed by atoms with Gasteiger partial charge < -0.3 is 10.1 Å². The molecule has 1 aliphatic carbocycles. The van der Waals surface area contributed by atoms with Crippen LogP contribution in [0.1, 0.15) is 24.1 Å². The van der Waals surface area contributed by atoms with E-state index in [1.54, 1.807) is 11.7 Å². The molecule has 1 aromatic heterocycles. The SMILES string of the molecule is Cc1nn(C)c(Oc2ccc(F)c(F)c2)c1CNC1CC1. The van der Waals surface area contributed by atoms with Gasteiger partial charge in [-0.1, -0.05) is 0 Å². The first-order valence-corrected chi connectivity index (χ1v) is 6.93. The van der Waals surface area contributed by atoms with Crippen molar-refractivity contribution in [3.63, 3.8) is 0 Å². The van der Waals surface area contributed by atoms with Crippen LogP contribution in [0.5, 0.6) is 11.6 Å². The van der Waals surface area contributed by atoms with Gasteiger partial charge in [0.2, 0.25) is 5.88 Å². The molecule has 0 atom stereocenters. The number of aryl methyl sites for hydroxylation is 2. The average Bonchev–Trinajstić information content (AvgIpc) is 3.21. The van der Waals surface area contributed by atoms with Crippen LogP contribution in [0, 0.1) is 18.6 Å². The molecule has 0 unspecified atom stereocenters. The Balaban J connectivity index is 1.84. The Morgan fingerprint density at radius 2 is 2.10 bits per heavy atom. The van der Waals surface area contributed by atoms with Crippen molar-refractivity contribution in [2.45, 2.75) is 32.4 Å². The van der Waals surface area contributed by atoms with Crippen molar-refractivity contribution in [1.82, 2.24) is 15.1 Å². The van der Waals surface area contributed by atoms with Crippen molar-refractivity contribution in [2.24, 2.45) is 7.05 Å². The molecule has 1 aromatic carbocycles. The van der Waals surface area contributed by atoms with E-state index in [9.17, 15) is 8.78 Å². The lowest BCUT2D eigenvalue weighted by Gasteiger charge is -2.09. The summed E-state index contributed by atoms with van der Waals surface area (Å²) in [6.45, 7) is 2.56. The first kappa shape index (κ1) is 14.0. The number of rotatable bonds is 5. The van der Waals surface area contributed by atoms with Crippen molar-refractivity contribution in [3.8, 4) is 11.6 Å². The predicted molar refractivity (Wildman–Crippen MR) is 74.2 cm³/mol. The lowest BCUT2D eigenvalue weighted by Crippen LogP contribution is -2.16. The molecule has 1 N–H and O–H groups in total. The van der Waals surface area contributed by atoms with Crippen LogP contribution in [0.25, 0.3) is 0 Å². The smallest absolute Gasteiger partial charge is 0.222 e. The highest BCUT2D eigenvalue weighted by Crippen LogP contribution is 2.29. The summed E-state index contributed by atoms with van der Waals surface area (Å²) in [7, 11) is 1.77. The van der Waals surface area contributed by atoms with E-state index in [4.69, 9.17) is 4.74 Å². The normalized spacial score (nSPS) is 14.5. The summed E-state index contributed by atoms with van der Waals surface area (Å²) < 4.78 is 33.5. The highest BCUT2D eigenvalue weighted by molar-refractivity contribution is 5.36. The number of hydrogen-bond acceptors (Lipinski definition) is 3. The van der Waals surface area contributed by atoms with Crippen LogP contribution in [0.2, 0.25) is 0 Å². The Hall–Kier alpha value is -1.95. The van der Waals surface area contributed by atoms with E-state index < -0.39 is 11.6 Å². The maximum atomic E-state index is 13.3. The first-order valence-electron chi connectivity index (χ1n) is 6.93. The van der Waals surface area contributed by atoms with Crippen LogP contribution in [0.4, 0.5) is 8.78 Å². The molecule has 0 amide bonds. The molecule has 2 aromatic rings. The van der Waals surface area contributed by atoms with Gasteiger partial charge in [-0.2, -0.15) is 5.10 Å². The van der Waals surface area contributed by atoms with Crippen LogP contribution in [0.3, 0.4) is 0 Å². The van der Waals surface area contributed by atoms with E-state index in [0.717, 1.165) is 23.4 Å². The van der Waals surface area contributed by atoms with Crippen LogP contribution in [-0.2, 0) is 13.6 Å². The summed E-state index contributed by atoms with van der Waals surface area (Å²) in [4.78, 5) is 0. The zero-order valence-electron chi connectivity index (χ0n) is 12.0. The Bertz CT molecular complexity index is 665. The Labute approximate surface area is 121 Å². The van der Waals surface area contributed by atoms with Crippen LogP contribution in [-0.4, -0.2) is 15.8 Å². The van der Waals surface area contributed by atoms with Crippen molar-refractivity contribution in [3.05, 3.63) is 41.1 Å². The van der Waals surface area contributed by atoms with Crippen LogP contribution < -0.4 is 10.1 Å². The Kier molecular flexibility index (Phi) is 3.63. The number of nitrogens with one attached hydrogen (secondary N) is 1. The topological polar surface area (TPSA) is 39.1 Å². The van der Waals surface area contributed by atoms with Crippen LogP contribution >= 0.6 is 0 Å². The van der Waals surface area contributed by atoms with Gasteiger partial charge in [0.15, 0.2) is 11.6 Å². The van der Waals surface area contributed by atoms with Gasteiger partial charge in [0.25, 0.3) is 0 Å². The summed E-state index contributed by atoms with van der Waals surface area (Å²) in [5, 5.41) is 7.74. The van der Waals surface area contributed by atoms with Gasteiger partial charge >= 0.3 is 0 Å². The van der Waals surface area contributed by atoms with Crippen LogP contribution in [0.15, 0.2) is 18.2 Å². The zero-order chi connectivity index (χ0) is 15.0. The van der Waals surface area contributed by atoms with Gasteiger partial charge in [0.05, 0.1) is 11.3 Å². The van der Waals surface area contributed by atoms with Gasteiger partial charge in [0, 0.05) is 25.7 Å². The minimum absolute atomic E-state index is 0.254. The van der Waals surface area contributed by atoms with E-state index in [-0.39, 0.29) is 5.75 Å². The average molecular weight is 293 g/mol. The second-order valence-electron chi connectivity index (χ2n) is 5.33. The summed E-state index contributed by atoms with van der Waals surface area (Å²) in [6.07, 6.45) is 2.39. The fourth-order valence-corrected chi connectivity index (χ4v) is 2.20. The van der Waals surface area contributed by atoms with Gasteiger partial charge in [-0.15, -0.1) is 0 Å². The number of aromatic nitrogens is 2. The Morgan fingerprint density at radius 3 is 2.76 bits per heavy atom. The third-order valence-corrected chi connectivity index (χ3v) is 3.54. The van der Waals surface area contributed by atoms with E-state index in [1.807, 2.05) is 6.92 Å². The number of hydrogen-bond donors (Lipinski definition) is 1. The summed E-state index contributed by atoms with van der Waals surface area (Å²) in [5.74, 6) is -1.01. The maximum absolute atomic E-state index is 13.3. The van der Waals surface area contributed by atoms with E-state index in [2.05, 4.69) is 10.4 Å². The van der Waals surface area contributed by atoms with Crippen molar-refractivity contribution >= 4 is 0 Å². The summed E-state index contributed by atoms with van der Waals surface area (Å²) in [6, 6.07) is 4.06. The summed E-state index contributed by atoms with van der Waals surface area (Å²) in [5.41, 5.74) is 1.80. The monoisotopic (exact) mass is 293 g/mol. The molecule has 0 aliphatic heterocycles. The van der Waals surface area contributed by atoms with Crippen molar-refractivity contribution < 1.29 is 13.5 Å². The molecule has 112 valence electrons. The molecule has 0 spiro atoms. The Morgan fingerprint density at radius 1 is 1.33 bits per heavy atom. The number of benzene rings is 1. The molecular formula is C15H17F2N3O. The fourth-order valence-electron chi connectivity index (χ4n) is 2.20. The second-order valence-corrected chi connectivity index (χ2v) is 5.33. The minimum Gasteiger partial charge on any atom is -0.439 e. The molecule has 6 heteroatoms. The third kappa shape index (κ3) is 3.05.